The largest absolute Gasteiger partial charge is 0.351 e. The molecule has 1 heterocycles. The number of alkyl halides is 1. The molecule has 5 heteroatoms. The number of nitrogens with zero attached hydrogens (tertiary/aromatic N) is 2. The van der Waals surface area contributed by atoms with Gasteiger partial charge >= 0.3 is 0 Å². The van der Waals surface area contributed by atoms with Crippen LogP contribution in [0.5, 0.6) is 0 Å². The van der Waals surface area contributed by atoms with Gasteiger partial charge < -0.3 is 5.32 Å². The van der Waals surface area contributed by atoms with E-state index in [0.717, 1.165) is 11.3 Å². The lowest BCUT2D eigenvalue weighted by Crippen LogP contribution is -2.28. The smallest absolute Gasteiger partial charge is 0.233 e. The van der Waals surface area contributed by atoms with Crippen molar-refractivity contribution in [3.05, 3.63) is 17.5 Å². The summed E-state index contributed by atoms with van der Waals surface area (Å²) in [5, 5.41) is 6.91. The molecule has 1 unspecified atom stereocenters. The summed E-state index contributed by atoms with van der Waals surface area (Å²) in [6.07, 6.45) is 1.77. The standard InChI is InChI=1S/C9H14BrN3O/c1-6(10)9(14)11-4-8-5-12-13(3)7(8)2/h5-6H,4H2,1-3H3,(H,11,14). The minimum absolute atomic E-state index is 0.00625. The third-order valence-electron chi connectivity index (χ3n) is 2.15. The maximum Gasteiger partial charge on any atom is 0.233 e. The highest BCUT2D eigenvalue weighted by Crippen LogP contribution is 2.05. The van der Waals surface area contributed by atoms with E-state index in [1.165, 1.54) is 0 Å². The average molecular weight is 260 g/mol. The van der Waals surface area contributed by atoms with Crippen molar-refractivity contribution >= 4 is 21.8 Å². The van der Waals surface area contributed by atoms with E-state index >= 15 is 0 Å². The number of carbonyl (C=O) groups is 1. The summed E-state index contributed by atoms with van der Waals surface area (Å²) in [7, 11) is 1.88. The Morgan fingerprint density at radius 1 is 1.79 bits per heavy atom. The molecular weight excluding hydrogens is 246 g/mol. The Morgan fingerprint density at radius 3 is 2.86 bits per heavy atom. The zero-order valence-electron chi connectivity index (χ0n) is 8.54. The molecule has 0 aliphatic carbocycles. The van der Waals surface area contributed by atoms with Crippen molar-refractivity contribution < 1.29 is 4.79 Å². The van der Waals surface area contributed by atoms with Crippen LogP contribution in [-0.2, 0) is 18.4 Å². The average Bonchev–Trinajstić information content (AvgIpc) is 2.44. The molecule has 1 N–H and O–H groups in total. The van der Waals surface area contributed by atoms with Gasteiger partial charge in [-0.1, -0.05) is 15.9 Å². The molecule has 0 spiro atoms. The molecule has 0 aliphatic rings. The summed E-state index contributed by atoms with van der Waals surface area (Å²) in [5.41, 5.74) is 2.13. The molecule has 0 saturated carbocycles. The van der Waals surface area contributed by atoms with Crippen molar-refractivity contribution in [2.45, 2.75) is 25.2 Å². The number of aryl methyl sites for hydroxylation is 1. The summed E-state index contributed by atoms with van der Waals surface area (Å²) >= 11 is 3.20. The van der Waals surface area contributed by atoms with Gasteiger partial charge in [0.15, 0.2) is 0 Å². The number of hydrogen-bond donors (Lipinski definition) is 1. The fourth-order valence-electron chi connectivity index (χ4n) is 1.04. The molecule has 78 valence electrons. The second-order valence-electron chi connectivity index (χ2n) is 3.21. The fourth-order valence-corrected chi connectivity index (χ4v) is 1.20. The number of halogens is 1. The molecule has 1 rings (SSSR count). The Bertz CT molecular complexity index is 333. The van der Waals surface area contributed by atoms with Crippen LogP contribution in [0.1, 0.15) is 18.2 Å². The predicted octanol–water partition coefficient (Wildman–Crippen LogP) is 1.13. The third kappa shape index (κ3) is 2.57. The van der Waals surface area contributed by atoms with E-state index in [1.54, 1.807) is 17.8 Å². The first kappa shape index (κ1) is 11.2. The SMILES string of the molecule is Cc1c(CNC(=O)C(C)Br)cnn1C. The fraction of sp³-hybridized carbons (Fsp3) is 0.556. The summed E-state index contributed by atoms with van der Waals surface area (Å²) in [5.74, 6) is -0.00625. The van der Waals surface area contributed by atoms with E-state index in [-0.39, 0.29) is 10.7 Å². The van der Waals surface area contributed by atoms with Gasteiger partial charge in [-0.2, -0.15) is 5.10 Å². The second kappa shape index (κ2) is 4.59. The summed E-state index contributed by atoms with van der Waals surface area (Å²) in [6, 6.07) is 0. The Balaban J connectivity index is 2.54. The van der Waals surface area contributed by atoms with Crippen molar-refractivity contribution in [2.24, 2.45) is 7.05 Å². The van der Waals surface area contributed by atoms with E-state index in [2.05, 4.69) is 26.3 Å². The van der Waals surface area contributed by atoms with Crippen molar-refractivity contribution in [1.29, 1.82) is 0 Å². The molecule has 0 fully saturated rings. The van der Waals surface area contributed by atoms with Crippen molar-refractivity contribution in [1.82, 2.24) is 15.1 Å². The monoisotopic (exact) mass is 259 g/mol. The zero-order chi connectivity index (χ0) is 10.7. The van der Waals surface area contributed by atoms with E-state index < -0.39 is 0 Å². The zero-order valence-corrected chi connectivity index (χ0v) is 10.1. The molecule has 1 aromatic rings. The number of aromatic nitrogens is 2. The Kier molecular flexibility index (Phi) is 3.69. The normalized spacial score (nSPS) is 12.6. The van der Waals surface area contributed by atoms with Crippen LogP contribution in [0.25, 0.3) is 0 Å². The molecule has 1 amide bonds. The number of rotatable bonds is 3. The van der Waals surface area contributed by atoms with Crippen LogP contribution in [0.3, 0.4) is 0 Å². The Labute approximate surface area is 91.8 Å². The molecule has 1 aromatic heterocycles. The van der Waals surface area contributed by atoms with Gasteiger partial charge in [0.1, 0.15) is 0 Å². The highest BCUT2D eigenvalue weighted by atomic mass is 79.9. The van der Waals surface area contributed by atoms with E-state index in [0.29, 0.717) is 6.54 Å². The van der Waals surface area contributed by atoms with Crippen molar-refractivity contribution in [3.8, 4) is 0 Å². The van der Waals surface area contributed by atoms with Crippen molar-refractivity contribution in [3.63, 3.8) is 0 Å². The van der Waals surface area contributed by atoms with E-state index in [9.17, 15) is 4.79 Å². The third-order valence-corrected chi connectivity index (χ3v) is 2.57. The lowest BCUT2D eigenvalue weighted by molar-refractivity contribution is -0.120. The van der Waals surface area contributed by atoms with Crippen LogP contribution in [0.2, 0.25) is 0 Å². The lowest BCUT2D eigenvalue weighted by Gasteiger charge is -2.05. The first-order chi connectivity index (χ1) is 6.52. The van der Waals surface area contributed by atoms with Crippen LogP contribution in [0.4, 0.5) is 0 Å². The van der Waals surface area contributed by atoms with Gasteiger partial charge in [0.05, 0.1) is 11.0 Å². The molecule has 0 aliphatic heterocycles. The molecule has 0 bridgehead atoms. The van der Waals surface area contributed by atoms with Gasteiger partial charge in [0, 0.05) is 24.8 Å². The van der Waals surface area contributed by atoms with Gasteiger partial charge in [-0.3, -0.25) is 9.48 Å². The number of amides is 1. The number of hydrogen-bond acceptors (Lipinski definition) is 2. The second-order valence-corrected chi connectivity index (χ2v) is 4.59. The minimum atomic E-state index is -0.153. The van der Waals surface area contributed by atoms with Gasteiger partial charge in [-0.25, -0.2) is 0 Å². The molecule has 4 nitrogen and oxygen atoms in total. The first-order valence-electron chi connectivity index (χ1n) is 4.41. The summed E-state index contributed by atoms with van der Waals surface area (Å²) < 4.78 is 1.79. The molecule has 14 heavy (non-hydrogen) atoms. The van der Waals surface area contributed by atoms with Crippen LogP contribution < -0.4 is 5.32 Å². The molecule has 0 aromatic carbocycles. The number of nitrogens with one attached hydrogen (secondary N) is 1. The van der Waals surface area contributed by atoms with Gasteiger partial charge in [-0.15, -0.1) is 0 Å². The highest BCUT2D eigenvalue weighted by molar-refractivity contribution is 9.10. The van der Waals surface area contributed by atoms with Crippen LogP contribution in [0, 0.1) is 6.92 Å². The molecule has 0 radical (unpaired) electrons. The van der Waals surface area contributed by atoms with E-state index in [4.69, 9.17) is 0 Å². The van der Waals surface area contributed by atoms with Crippen LogP contribution in [0.15, 0.2) is 6.20 Å². The van der Waals surface area contributed by atoms with Crippen LogP contribution in [-0.4, -0.2) is 20.5 Å². The lowest BCUT2D eigenvalue weighted by atomic mass is 10.2. The minimum Gasteiger partial charge on any atom is -0.351 e. The van der Waals surface area contributed by atoms with Crippen LogP contribution >= 0.6 is 15.9 Å². The Morgan fingerprint density at radius 2 is 2.43 bits per heavy atom. The van der Waals surface area contributed by atoms with E-state index in [1.807, 2.05) is 14.0 Å². The summed E-state index contributed by atoms with van der Waals surface area (Å²) in [6.45, 7) is 4.31. The summed E-state index contributed by atoms with van der Waals surface area (Å²) in [4.78, 5) is 11.1. The topological polar surface area (TPSA) is 46.9 Å². The molecule has 0 saturated heterocycles. The molecule has 1 atom stereocenters. The maximum atomic E-state index is 11.2. The number of carbonyl (C=O) groups excluding carboxylic acids is 1. The predicted molar refractivity (Wildman–Crippen MR) is 58.2 cm³/mol. The highest BCUT2D eigenvalue weighted by Gasteiger charge is 2.09. The van der Waals surface area contributed by atoms with Gasteiger partial charge in [0.25, 0.3) is 0 Å². The Hall–Kier alpha value is -0.840. The maximum absolute atomic E-state index is 11.2. The quantitative estimate of drug-likeness (QED) is 0.828. The van der Waals surface area contributed by atoms with Gasteiger partial charge in [0.2, 0.25) is 5.91 Å². The van der Waals surface area contributed by atoms with Gasteiger partial charge in [-0.05, 0) is 13.8 Å². The first-order valence-corrected chi connectivity index (χ1v) is 5.33. The molecular formula is C9H14BrN3O. The van der Waals surface area contributed by atoms with Crippen molar-refractivity contribution in [2.75, 3.05) is 0 Å².